The molecule has 0 saturated heterocycles. The number of nitrogens with one attached hydrogen (secondary N) is 1. The number of rotatable bonds is 4. The number of amides is 1. The minimum atomic E-state index is -0.804. The van der Waals surface area contributed by atoms with E-state index in [-0.39, 0.29) is 24.4 Å². The Labute approximate surface area is 90.3 Å². The highest BCUT2D eigenvalue weighted by molar-refractivity contribution is 5.94. The molecule has 1 aromatic rings. The van der Waals surface area contributed by atoms with Crippen LogP contribution in [0.1, 0.15) is 10.4 Å². The zero-order chi connectivity index (χ0) is 12.0. The van der Waals surface area contributed by atoms with Gasteiger partial charge in [-0.05, 0) is 17.7 Å². The number of hydrogen-bond donors (Lipinski definition) is 2. The highest BCUT2D eigenvalue weighted by atomic mass is 19.1. The Balaban J connectivity index is 2.62. The number of carbonyl (C=O) groups is 1. The first-order valence-corrected chi connectivity index (χ1v) is 4.42. The lowest BCUT2D eigenvalue weighted by Gasteiger charge is -2.04. The van der Waals surface area contributed by atoms with Gasteiger partial charge in [0.1, 0.15) is 11.6 Å². The van der Waals surface area contributed by atoms with E-state index in [2.05, 4.69) is 15.3 Å². The predicted molar refractivity (Wildman–Crippen MR) is 54.4 cm³/mol. The fraction of sp³-hybridized carbons (Fsp3) is 0.222. The van der Waals surface area contributed by atoms with Gasteiger partial charge in [-0.15, -0.1) is 0 Å². The number of azide groups is 1. The number of hydrogen-bond acceptors (Lipinski definition) is 3. The predicted octanol–water partition coefficient (Wildman–Crippen LogP) is 1.57. The lowest BCUT2D eigenvalue weighted by Crippen LogP contribution is -2.26. The topological polar surface area (TPSA) is 98.1 Å². The average Bonchev–Trinajstić information content (AvgIpc) is 2.24. The summed E-state index contributed by atoms with van der Waals surface area (Å²) in [6.07, 6.45) is 0. The number of nitrogens with zero attached hydrogens (tertiary/aromatic N) is 3. The second kappa shape index (κ2) is 5.57. The number of phenolic OH excluding ortho intramolecular Hbond substituents is 1. The molecule has 0 saturated carbocycles. The maximum atomic E-state index is 13.2. The Bertz CT molecular complexity index is 443. The highest BCUT2D eigenvalue weighted by Crippen LogP contribution is 2.14. The van der Waals surface area contributed by atoms with E-state index in [0.29, 0.717) is 0 Å². The van der Waals surface area contributed by atoms with Crippen LogP contribution in [-0.2, 0) is 0 Å². The first-order valence-electron chi connectivity index (χ1n) is 4.42. The van der Waals surface area contributed by atoms with E-state index in [1.807, 2.05) is 0 Å². The van der Waals surface area contributed by atoms with Gasteiger partial charge in [-0.1, -0.05) is 5.11 Å². The standard InChI is InChI=1S/C9H9FN4O2/c10-8-5-6(15)1-2-7(8)9(16)12-3-4-13-14-11/h1-2,5,15H,3-4H2,(H,12,16). The molecule has 0 heterocycles. The van der Waals surface area contributed by atoms with E-state index in [0.717, 1.165) is 6.07 Å². The summed E-state index contributed by atoms with van der Waals surface area (Å²) in [5.74, 6) is -1.67. The molecule has 7 heteroatoms. The highest BCUT2D eigenvalue weighted by Gasteiger charge is 2.10. The van der Waals surface area contributed by atoms with Gasteiger partial charge in [0.15, 0.2) is 0 Å². The van der Waals surface area contributed by atoms with Crippen molar-refractivity contribution in [2.45, 2.75) is 0 Å². The molecule has 0 spiro atoms. The van der Waals surface area contributed by atoms with Crippen LogP contribution < -0.4 is 5.32 Å². The summed E-state index contributed by atoms with van der Waals surface area (Å²) in [5.41, 5.74) is 7.81. The second-order valence-corrected chi connectivity index (χ2v) is 2.87. The Morgan fingerprint density at radius 3 is 3.00 bits per heavy atom. The summed E-state index contributed by atoms with van der Waals surface area (Å²) in [5, 5.41) is 14.5. The quantitative estimate of drug-likeness (QED) is 0.351. The Morgan fingerprint density at radius 2 is 2.38 bits per heavy atom. The van der Waals surface area contributed by atoms with Crippen LogP contribution >= 0.6 is 0 Å². The molecule has 0 radical (unpaired) electrons. The molecule has 0 bridgehead atoms. The fourth-order valence-electron chi connectivity index (χ4n) is 1.05. The number of carbonyl (C=O) groups excluding carboxylic acids is 1. The molecule has 0 fully saturated rings. The van der Waals surface area contributed by atoms with Crippen LogP contribution in [0.25, 0.3) is 10.4 Å². The summed E-state index contributed by atoms with van der Waals surface area (Å²) in [4.78, 5) is 13.9. The van der Waals surface area contributed by atoms with Gasteiger partial charge in [0.05, 0.1) is 5.56 Å². The number of halogens is 1. The van der Waals surface area contributed by atoms with Crippen molar-refractivity contribution in [1.29, 1.82) is 0 Å². The van der Waals surface area contributed by atoms with Gasteiger partial charge in [-0.25, -0.2) is 4.39 Å². The van der Waals surface area contributed by atoms with E-state index in [1.165, 1.54) is 12.1 Å². The third kappa shape index (κ3) is 3.14. The van der Waals surface area contributed by atoms with Gasteiger partial charge in [-0.3, -0.25) is 4.79 Å². The van der Waals surface area contributed by atoms with Crippen molar-refractivity contribution in [3.8, 4) is 5.75 Å². The largest absolute Gasteiger partial charge is 0.508 e. The second-order valence-electron chi connectivity index (χ2n) is 2.87. The molecular weight excluding hydrogens is 215 g/mol. The van der Waals surface area contributed by atoms with Crippen LogP contribution in [0.4, 0.5) is 4.39 Å². The van der Waals surface area contributed by atoms with Crippen LogP contribution in [-0.4, -0.2) is 24.1 Å². The summed E-state index contributed by atoms with van der Waals surface area (Å²) in [6.45, 7) is 0.227. The maximum absolute atomic E-state index is 13.2. The summed E-state index contributed by atoms with van der Waals surface area (Å²) >= 11 is 0. The molecule has 0 unspecified atom stereocenters. The molecule has 0 atom stereocenters. The molecule has 16 heavy (non-hydrogen) atoms. The molecule has 1 amide bonds. The van der Waals surface area contributed by atoms with Crippen LogP contribution in [0.3, 0.4) is 0 Å². The number of benzene rings is 1. The Morgan fingerprint density at radius 1 is 1.62 bits per heavy atom. The Hall–Kier alpha value is -2.27. The molecule has 0 aliphatic rings. The van der Waals surface area contributed by atoms with Crippen molar-refractivity contribution in [3.63, 3.8) is 0 Å². The van der Waals surface area contributed by atoms with Crippen LogP contribution in [0.15, 0.2) is 23.3 Å². The lowest BCUT2D eigenvalue weighted by molar-refractivity contribution is 0.0951. The summed E-state index contributed by atoms with van der Waals surface area (Å²) in [6, 6.07) is 3.24. The SMILES string of the molecule is [N-]=[N+]=NCCNC(=O)c1ccc(O)cc1F. The minimum absolute atomic E-state index is 0.0991. The van der Waals surface area contributed by atoms with Gasteiger partial charge in [0.25, 0.3) is 5.91 Å². The van der Waals surface area contributed by atoms with E-state index >= 15 is 0 Å². The summed E-state index contributed by atoms with van der Waals surface area (Å²) in [7, 11) is 0. The number of phenols is 1. The van der Waals surface area contributed by atoms with E-state index < -0.39 is 11.7 Å². The molecule has 1 rings (SSSR count). The maximum Gasteiger partial charge on any atom is 0.254 e. The van der Waals surface area contributed by atoms with Crippen molar-refractivity contribution >= 4 is 5.91 Å². The van der Waals surface area contributed by atoms with Crippen molar-refractivity contribution in [1.82, 2.24) is 5.32 Å². The van der Waals surface area contributed by atoms with Crippen LogP contribution in [0.5, 0.6) is 5.75 Å². The van der Waals surface area contributed by atoms with E-state index in [1.54, 1.807) is 0 Å². The fourth-order valence-corrected chi connectivity index (χ4v) is 1.05. The average molecular weight is 224 g/mol. The van der Waals surface area contributed by atoms with Gasteiger partial charge in [-0.2, -0.15) is 0 Å². The van der Waals surface area contributed by atoms with Crippen molar-refractivity contribution in [2.24, 2.45) is 5.11 Å². The van der Waals surface area contributed by atoms with Crippen molar-refractivity contribution in [2.75, 3.05) is 13.1 Å². The molecule has 0 aliphatic heterocycles. The molecule has 2 N–H and O–H groups in total. The van der Waals surface area contributed by atoms with Crippen molar-refractivity contribution in [3.05, 3.63) is 40.0 Å². The van der Waals surface area contributed by atoms with Gasteiger partial charge >= 0.3 is 0 Å². The van der Waals surface area contributed by atoms with E-state index in [9.17, 15) is 9.18 Å². The first kappa shape index (κ1) is 11.8. The molecule has 0 aromatic heterocycles. The number of aromatic hydroxyl groups is 1. The Kier molecular flexibility index (Phi) is 4.11. The van der Waals surface area contributed by atoms with Crippen LogP contribution in [0, 0.1) is 5.82 Å². The van der Waals surface area contributed by atoms with Gasteiger partial charge in [0.2, 0.25) is 0 Å². The van der Waals surface area contributed by atoms with E-state index in [4.69, 9.17) is 10.6 Å². The molecule has 0 aliphatic carbocycles. The zero-order valence-electron chi connectivity index (χ0n) is 8.22. The smallest absolute Gasteiger partial charge is 0.254 e. The third-order valence-corrected chi connectivity index (χ3v) is 1.76. The first-order chi connectivity index (χ1) is 7.65. The van der Waals surface area contributed by atoms with Crippen LogP contribution in [0.2, 0.25) is 0 Å². The monoisotopic (exact) mass is 224 g/mol. The van der Waals surface area contributed by atoms with Crippen molar-refractivity contribution < 1.29 is 14.3 Å². The molecule has 6 nitrogen and oxygen atoms in total. The lowest BCUT2D eigenvalue weighted by atomic mass is 10.2. The zero-order valence-corrected chi connectivity index (χ0v) is 8.22. The van der Waals surface area contributed by atoms with Gasteiger partial charge < -0.3 is 10.4 Å². The molecule has 1 aromatic carbocycles. The van der Waals surface area contributed by atoms with Gasteiger partial charge in [0, 0.05) is 24.1 Å². The minimum Gasteiger partial charge on any atom is -0.508 e. The normalized spacial score (nSPS) is 9.31. The third-order valence-electron chi connectivity index (χ3n) is 1.76. The molecular formula is C9H9FN4O2. The molecule has 84 valence electrons. The summed E-state index contributed by atoms with van der Waals surface area (Å²) < 4.78 is 13.2.